The highest BCUT2D eigenvalue weighted by Crippen LogP contribution is 2.17. The lowest BCUT2D eigenvalue weighted by molar-refractivity contribution is 0.0912. The molecule has 0 saturated heterocycles. The van der Waals surface area contributed by atoms with E-state index in [0.717, 1.165) is 31.5 Å². The minimum Gasteiger partial charge on any atom is -0.346 e. The molecule has 1 fully saturated rings. The molecule has 0 bridgehead atoms. The van der Waals surface area contributed by atoms with Gasteiger partial charge in [0.2, 0.25) is 0 Å². The van der Waals surface area contributed by atoms with Crippen molar-refractivity contribution in [2.45, 2.75) is 51.2 Å². The Morgan fingerprint density at radius 2 is 2.29 bits per heavy atom. The van der Waals surface area contributed by atoms with Crippen molar-refractivity contribution >= 4 is 5.91 Å². The van der Waals surface area contributed by atoms with Gasteiger partial charge in [0, 0.05) is 24.8 Å². The van der Waals surface area contributed by atoms with E-state index in [1.807, 2.05) is 29.8 Å². The predicted molar refractivity (Wildman–Crippen MR) is 67.8 cm³/mol. The molecule has 2 rings (SSSR count). The number of nitrogens with two attached hydrogens (primary N) is 1. The molecule has 3 N–H and O–H groups in total. The molecule has 2 atom stereocenters. The monoisotopic (exact) mass is 235 g/mol. The first-order chi connectivity index (χ1) is 8.22. The standard InChI is InChI=1S/C13H21N3O/c1-2-16-9-5-8-12(16)13(17)15-11-7-4-3-6-10(11)14/h5,8-11H,2-4,6-7,14H2,1H3,(H,15,17)/t10-,11-/m1/s1. The number of amides is 1. The van der Waals surface area contributed by atoms with Gasteiger partial charge in [-0.15, -0.1) is 0 Å². The van der Waals surface area contributed by atoms with Crippen LogP contribution in [-0.4, -0.2) is 22.6 Å². The number of aromatic nitrogens is 1. The maximum Gasteiger partial charge on any atom is 0.268 e. The van der Waals surface area contributed by atoms with Crippen LogP contribution in [0.25, 0.3) is 0 Å². The zero-order valence-electron chi connectivity index (χ0n) is 10.4. The third-order valence-electron chi connectivity index (χ3n) is 3.54. The molecule has 1 heterocycles. The Hall–Kier alpha value is -1.29. The normalized spacial score (nSPS) is 24.6. The van der Waals surface area contributed by atoms with Crippen molar-refractivity contribution in [2.24, 2.45) is 5.73 Å². The second-order valence-corrected chi connectivity index (χ2v) is 4.71. The fourth-order valence-electron chi connectivity index (χ4n) is 2.48. The maximum atomic E-state index is 12.1. The summed E-state index contributed by atoms with van der Waals surface area (Å²) in [6, 6.07) is 4.00. The number of carbonyl (C=O) groups excluding carboxylic acids is 1. The van der Waals surface area contributed by atoms with E-state index < -0.39 is 0 Å². The van der Waals surface area contributed by atoms with Crippen molar-refractivity contribution in [1.82, 2.24) is 9.88 Å². The number of nitrogens with zero attached hydrogens (tertiary/aromatic N) is 1. The van der Waals surface area contributed by atoms with Crippen LogP contribution in [0.2, 0.25) is 0 Å². The summed E-state index contributed by atoms with van der Waals surface area (Å²) >= 11 is 0. The quantitative estimate of drug-likeness (QED) is 0.834. The van der Waals surface area contributed by atoms with Crippen LogP contribution in [0.4, 0.5) is 0 Å². The van der Waals surface area contributed by atoms with Gasteiger partial charge in [-0.3, -0.25) is 4.79 Å². The summed E-state index contributed by atoms with van der Waals surface area (Å²) in [4.78, 5) is 12.1. The fourth-order valence-corrected chi connectivity index (χ4v) is 2.48. The molecule has 0 aliphatic heterocycles. The van der Waals surface area contributed by atoms with E-state index in [9.17, 15) is 4.79 Å². The molecular formula is C13H21N3O. The molecule has 17 heavy (non-hydrogen) atoms. The lowest BCUT2D eigenvalue weighted by atomic mass is 9.91. The van der Waals surface area contributed by atoms with Crippen molar-refractivity contribution in [3.05, 3.63) is 24.0 Å². The molecule has 1 aliphatic carbocycles. The van der Waals surface area contributed by atoms with Gasteiger partial charge in [0.25, 0.3) is 5.91 Å². The van der Waals surface area contributed by atoms with Gasteiger partial charge in [-0.2, -0.15) is 0 Å². The number of rotatable bonds is 3. The van der Waals surface area contributed by atoms with E-state index in [1.54, 1.807) is 0 Å². The largest absolute Gasteiger partial charge is 0.346 e. The molecule has 0 radical (unpaired) electrons. The predicted octanol–water partition coefficient (Wildman–Crippen LogP) is 1.51. The summed E-state index contributed by atoms with van der Waals surface area (Å²) in [5.41, 5.74) is 6.76. The van der Waals surface area contributed by atoms with E-state index in [1.165, 1.54) is 6.42 Å². The molecule has 1 aromatic heterocycles. The number of aryl methyl sites for hydroxylation is 1. The molecule has 1 amide bonds. The summed E-state index contributed by atoms with van der Waals surface area (Å²) in [7, 11) is 0. The Labute approximate surface area is 102 Å². The number of carbonyl (C=O) groups is 1. The zero-order valence-corrected chi connectivity index (χ0v) is 10.4. The van der Waals surface area contributed by atoms with Crippen LogP contribution in [0.1, 0.15) is 43.1 Å². The van der Waals surface area contributed by atoms with E-state index in [-0.39, 0.29) is 18.0 Å². The van der Waals surface area contributed by atoms with Crippen LogP contribution in [0.15, 0.2) is 18.3 Å². The molecule has 0 aromatic carbocycles. The van der Waals surface area contributed by atoms with Gasteiger partial charge in [0.1, 0.15) is 5.69 Å². The van der Waals surface area contributed by atoms with Crippen LogP contribution in [-0.2, 0) is 6.54 Å². The Morgan fingerprint density at radius 3 is 3.00 bits per heavy atom. The van der Waals surface area contributed by atoms with Gasteiger partial charge in [-0.1, -0.05) is 12.8 Å². The lowest BCUT2D eigenvalue weighted by Gasteiger charge is -2.29. The average molecular weight is 235 g/mol. The molecule has 1 aliphatic rings. The Bertz CT molecular complexity index is 386. The summed E-state index contributed by atoms with van der Waals surface area (Å²) in [5, 5.41) is 3.06. The van der Waals surface area contributed by atoms with Crippen molar-refractivity contribution in [2.75, 3.05) is 0 Å². The Morgan fingerprint density at radius 1 is 1.53 bits per heavy atom. The van der Waals surface area contributed by atoms with Gasteiger partial charge >= 0.3 is 0 Å². The van der Waals surface area contributed by atoms with Crippen LogP contribution in [0.5, 0.6) is 0 Å². The maximum absolute atomic E-state index is 12.1. The number of nitrogens with one attached hydrogen (secondary N) is 1. The third kappa shape index (κ3) is 2.69. The fraction of sp³-hybridized carbons (Fsp3) is 0.615. The van der Waals surface area contributed by atoms with E-state index in [4.69, 9.17) is 5.73 Å². The second-order valence-electron chi connectivity index (χ2n) is 4.71. The first kappa shape index (κ1) is 12.2. The molecule has 4 nitrogen and oxygen atoms in total. The van der Waals surface area contributed by atoms with E-state index >= 15 is 0 Å². The summed E-state index contributed by atoms with van der Waals surface area (Å²) < 4.78 is 1.95. The number of hydrogen-bond acceptors (Lipinski definition) is 2. The number of hydrogen-bond donors (Lipinski definition) is 2. The van der Waals surface area contributed by atoms with E-state index in [2.05, 4.69) is 5.32 Å². The third-order valence-corrected chi connectivity index (χ3v) is 3.54. The van der Waals surface area contributed by atoms with Crippen molar-refractivity contribution < 1.29 is 4.79 Å². The van der Waals surface area contributed by atoms with Gasteiger partial charge in [0.05, 0.1) is 0 Å². The summed E-state index contributed by atoms with van der Waals surface area (Å²) in [5.74, 6) is -0.000741. The van der Waals surface area contributed by atoms with Gasteiger partial charge < -0.3 is 15.6 Å². The molecule has 0 unspecified atom stereocenters. The molecule has 1 saturated carbocycles. The van der Waals surface area contributed by atoms with Gasteiger partial charge in [0.15, 0.2) is 0 Å². The van der Waals surface area contributed by atoms with Crippen molar-refractivity contribution in [3.63, 3.8) is 0 Å². The first-order valence-electron chi connectivity index (χ1n) is 6.44. The minimum absolute atomic E-state index is 0.000741. The SMILES string of the molecule is CCn1cccc1C(=O)N[C@@H]1CCCC[C@H]1N. The smallest absolute Gasteiger partial charge is 0.268 e. The highest BCUT2D eigenvalue weighted by Gasteiger charge is 2.24. The van der Waals surface area contributed by atoms with Crippen molar-refractivity contribution in [3.8, 4) is 0 Å². The average Bonchev–Trinajstić information content (AvgIpc) is 2.80. The molecule has 4 heteroatoms. The lowest BCUT2D eigenvalue weighted by Crippen LogP contribution is -2.49. The van der Waals surface area contributed by atoms with Gasteiger partial charge in [-0.05, 0) is 31.9 Å². The highest BCUT2D eigenvalue weighted by atomic mass is 16.2. The molecule has 94 valence electrons. The summed E-state index contributed by atoms with van der Waals surface area (Å²) in [6.45, 7) is 2.84. The van der Waals surface area contributed by atoms with Crippen LogP contribution < -0.4 is 11.1 Å². The summed E-state index contributed by atoms with van der Waals surface area (Å²) in [6.07, 6.45) is 6.28. The highest BCUT2D eigenvalue weighted by molar-refractivity contribution is 5.93. The zero-order chi connectivity index (χ0) is 12.3. The van der Waals surface area contributed by atoms with Crippen LogP contribution in [0, 0.1) is 0 Å². The van der Waals surface area contributed by atoms with E-state index in [0.29, 0.717) is 0 Å². The molecule has 1 aromatic rings. The van der Waals surface area contributed by atoms with Crippen molar-refractivity contribution in [1.29, 1.82) is 0 Å². The molecule has 0 spiro atoms. The topological polar surface area (TPSA) is 60.0 Å². The minimum atomic E-state index is -0.000741. The first-order valence-corrected chi connectivity index (χ1v) is 6.44. The Balaban J connectivity index is 2.01. The van der Waals surface area contributed by atoms with Gasteiger partial charge in [-0.25, -0.2) is 0 Å². The van der Waals surface area contributed by atoms with Crippen LogP contribution in [0.3, 0.4) is 0 Å². The van der Waals surface area contributed by atoms with Crippen LogP contribution >= 0.6 is 0 Å². The second kappa shape index (κ2) is 5.36. The molecular weight excluding hydrogens is 214 g/mol. The Kier molecular flexibility index (Phi) is 3.84.